The Morgan fingerprint density at radius 1 is 0.593 bits per heavy atom. The minimum absolute atomic E-state index is 0. The van der Waals surface area contributed by atoms with Crippen LogP contribution in [0.3, 0.4) is 0 Å². The Hall–Kier alpha value is -5.91. The zero-order valence-electron chi connectivity index (χ0n) is 30.6. The van der Waals surface area contributed by atoms with E-state index in [2.05, 4.69) is 117 Å². The van der Waals surface area contributed by atoms with Gasteiger partial charge in [0.05, 0.1) is 44.7 Å². The van der Waals surface area contributed by atoms with Crippen LogP contribution in [0, 0.1) is 53.7 Å². The van der Waals surface area contributed by atoms with E-state index in [1.165, 1.54) is 38.9 Å². The number of imidazole rings is 2. The van der Waals surface area contributed by atoms with Crippen LogP contribution in [0.15, 0.2) is 97.6 Å². The number of fused-ring (bicyclic) bond motifs is 12. The second-order valence-electron chi connectivity index (χ2n) is 14.2. The van der Waals surface area contributed by atoms with Crippen LogP contribution in [0.1, 0.15) is 33.4 Å². The number of hydrogen-bond donors (Lipinski definition) is 0. The second-order valence-corrected chi connectivity index (χ2v) is 14.2. The first kappa shape index (κ1) is 33.9. The molecule has 6 aromatic heterocycles. The molecule has 0 aliphatic rings. The quantitative estimate of drug-likeness (QED) is 0.130. The fraction of sp³-hybridized carbons (Fsp3) is 0.130. The molecule has 8 heteroatoms. The van der Waals surface area contributed by atoms with Gasteiger partial charge in [-0.3, -0.25) is 19.9 Å². The first-order valence-electron chi connectivity index (χ1n) is 17.8. The van der Waals surface area contributed by atoms with E-state index in [0.717, 1.165) is 71.9 Å². The molecule has 0 saturated heterocycles. The minimum atomic E-state index is 0. The molecule has 0 N–H and O–H groups in total. The number of rotatable bonds is 4. The largest absolute Gasteiger partial charge is 2.00 e. The van der Waals surface area contributed by atoms with Gasteiger partial charge in [-0.2, -0.15) is 0 Å². The predicted octanol–water partition coefficient (Wildman–Crippen LogP) is 11.0. The number of aromatic nitrogens is 6. The molecule has 54 heavy (non-hydrogen) atoms. The normalized spacial score (nSPS) is 11.7. The van der Waals surface area contributed by atoms with Gasteiger partial charge < -0.3 is 13.5 Å². The van der Waals surface area contributed by atoms with Crippen LogP contribution >= 0.6 is 0 Å². The summed E-state index contributed by atoms with van der Waals surface area (Å²) in [5, 5.41) is 3.59. The SMILES string of the molecule is Cc1cc(C)c(-c2cn3c4cccnc4c4ccc(Oc5[c-]c6c(cc5)c5ncccc5n5c(-c7c(C)cc(C)cc7C)cnc65)[c-]c4c3n2)c(C)c1.[Pt+2]. The topological polar surface area (TPSA) is 69.6 Å². The van der Waals surface area contributed by atoms with Crippen LogP contribution < -0.4 is 4.74 Å². The van der Waals surface area contributed by atoms with Gasteiger partial charge in [-0.25, -0.2) is 0 Å². The summed E-state index contributed by atoms with van der Waals surface area (Å²) >= 11 is 0. The molecule has 0 atom stereocenters. The third-order valence-electron chi connectivity index (χ3n) is 10.4. The molecule has 264 valence electrons. The van der Waals surface area contributed by atoms with Crippen molar-refractivity contribution in [2.75, 3.05) is 0 Å². The van der Waals surface area contributed by atoms with E-state index in [0.29, 0.717) is 11.5 Å². The molecule has 6 heterocycles. The molecular formula is C46H34N6OPt. The molecule has 0 aliphatic heterocycles. The van der Waals surface area contributed by atoms with Crippen LogP contribution in [-0.2, 0) is 21.1 Å². The van der Waals surface area contributed by atoms with Crippen molar-refractivity contribution in [2.24, 2.45) is 0 Å². The Bertz CT molecular complexity index is 3080. The van der Waals surface area contributed by atoms with Crippen molar-refractivity contribution >= 4 is 54.9 Å². The summed E-state index contributed by atoms with van der Waals surface area (Å²) in [6.07, 6.45) is 7.75. The fourth-order valence-corrected chi connectivity index (χ4v) is 8.49. The van der Waals surface area contributed by atoms with Gasteiger partial charge in [0.25, 0.3) is 0 Å². The number of hydrogen-bond acceptors (Lipinski definition) is 5. The van der Waals surface area contributed by atoms with Gasteiger partial charge in [0.2, 0.25) is 0 Å². The molecule has 0 bridgehead atoms. The average molecular weight is 882 g/mol. The Balaban J connectivity index is 0.00000384. The van der Waals surface area contributed by atoms with Crippen LogP contribution in [0.5, 0.6) is 11.5 Å². The number of nitrogens with zero attached hydrogens (tertiary/aromatic N) is 6. The molecule has 0 amide bonds. The molecule has 0 fully saturated rings. The van der Waals surface area contributed by atoms with Crippen molar-refractivity contribution in [1.29, 1.82) is 0 Å². The van der Waals surface area contributed by atoms with Crippen molar-refractivity contribution in [3.05, 3.63) is 143 Å². The Labute approximate surface area is 326 Å². The van der Waals surface area contributed by atoms with Crippen LogP contribution in [0.25, 0.3) is 77.4 Å². The van der Waals surface area contributed by atoms with Gasteiger partial charge in [0.1, 0.15) is 0 Å². The maximum Gasteiger partial charge on any atom is 2.00 e. The van der Waals surface area contributed by atoms with Crippen LogP contribution in [0.4, 0.5) is 0 Å². The summed E-state index contributed by atoms with van der Waals surface area (Å²) in [4.78, 5) is 19.9. The first-order valence-corrected chi connectivity index (χ1v) is 17.8. The monoisotopic (exact) mass is 881 g/mol. The second kappa shape index (κ2) is 12.6. The van der Waals surface area contributed by atoms with Gasteiger partial charge in [-0.05, 0) is 88.1 Å². The van der Waals surface area contributed by atoms with Crippen molar-refractivity contribution in [2.45, 2.75) is 41.5 Å². The molecule has 0 spiro atoms. The molecular weight excluding hydrogens is 848 g/mol. The number of ether oxygens (including phenoxy) is 1. The van der Waals surface area contributed by atoms with E-state index in [1.54, 1.807) is 0 Å². The summed E-state index contributed by atoms with van der Waals surface area (Å²) in [6, 6.07) is 32.1. The zero-order valence-corrected chi connectivity index (χ0v) is 32.9. The van der Waals surface area contributed by atoms with E-state index in [1.807, 2.05) is 42.9 Å². The van der Waals surface area contributed by atoms with Crippen molar-refractivity contribution < 1.29 is 25.8 Å². The Kier molecular flexibility index (Phi) is 7.91. The Morgan fingerprint density at radius 3 is 1.74 bits per heavy atom. The van der Waals surface area contributed by atoms with E-state index in [9.17, 15) is 0 Å². The zero-order chi connectivity index (χ0) is 36.1. The third-order valence-corrected chi connectivity index (χ3v) is 10.4. The number of benzene rings is 4. The minimum Gasteiger partial charge on any atom is -0.497 e. The molecule has 4 aromatic carbocycles. The van der Waals surface area contributed by atoms with Gasteiger partial charge in [0, 0.05) is 47.4 Å². The summed E-state index contributed by atoms with van der Waals surface area (Å²) in [5.41, 5.74) is 16.9. The van der Waals surface area contributed by atoms with E-state index in [4.69, 9.17) is 24.7 Å². The van der Waals surface area contributed by atoms with E-state index < -0.39 is 0 Å². The van der Waals surface area contributed by atoms with Gasteiger partial charge >= 0.3 is 21.1 Å². The molecule has 0 radical (unpaired) electrons. The van der Waals surface area contributed by atoms with E-state index >= 15 is 0 Å². The Morgan fingerprint density at radius 2 is 1.13 bits per heavy atom. The summed E-state index contributed by atoms with van der Waals surface area (Å²) < 4.78 is 10.9. The van der Waals surface area contributed by atoms with Crippen molar-refractivity contribution in [3.63, 3.8) is 0 Å². The van der Waals surface area contributed by atoms with Gasteiger partial charge in [-0.1, -0.05) is 81.2 Å². The number of pyridine rings is 4. The maximum absolute atomic E-state index is 6.58. The first-order chi connectivity index (χ1) is 25.7. The molecule has 10 aromatic rings. The molecule has 10 rings (SSSR count). The van der Waals surface area contributed by atoms with Gasteiger partial charge in [0.15, 0.2) is 0 Å². The average Bonchev–Trinajstić information content (AvgIpc) is 3.77. The molecule has 7 nitrogen and oxygen atoms in total. The molecule has 0 aliphatic carbocycles. The van der Waals surface area contributed by atoms with E-state index in [-0.39, 0.29) is 21.1 Å². The van der Waals surface area contributed by atoms with Crippen LogP contribution in [0.2, 0.25) is 0 Å². The smallest absolute Gasteiger partial charge is 0.497 e. The van der Waals surface area contributed by atoms with Crippen molar-refractivity contribution in [3.8, 4) is 34.0 Å². The molecule has 0 unspecified atom stereocenters. The molecule has 0 saturated carbocycles. The van der Waals surface area contributed by atoms with Gasteiger partial charge in [-0.15, -0.1) is 12.1 Å². The number of aryl methyl sites for hydroxylation is 6. The predicted molar refractivity (Wildman–Crippen MR) is 213 cm³/mol. The third kappa shape index (κ3) is 5.13. The summed E-state index contributed by atoms with van der Waals surface area (Å²) in [5.74, 6) is 1.12. The maximum atomic E-state index is 6.58. The van der Waals surface area contributed by atoms with Crippen molar-refractivity contribution in [1.82, 2.24) is 28.7 Å². The fourth-order valence-electron chi connectivity index (χ4n) is 8.49. The summed E-state index contributed by atoms with van der Waals surface area (Å²) in [6.45, 7) is 12.9. The standard InChI is InChI=1S/C46H34N6O.Pt/c1-25-17-27(3)41(28(4)18-25)37-24-51-38-9-7-15-47-43(38)34-14-12-32(22-36(34)46(51)50-37)53-31-11-13-33-35(21-31)45-49-23-40(42-29(5)19-26(2)20-30(42)6)52(45)39-10-8-16-48-44(33)39;/h7-20,23-24H,1-6H3;/q-2;+2. The summed E-state index contributed by atoms with van der Waals surface area (Å²) in [7, 11) is 0. The van der Waals surface area contributed by atoms with Crippen LogP contribution in [-0.4, -0.2) is 28.7 Å².